The van der Waals surface area contributed by atoms with Crippen molar-refractivity contribution in [2.45, 2.75) is 51.6 Å². The molecule has 2 aromatic rings. The van der Waals surface area contributed by atoms with E-state index in [1.165, 1.54) is 11.1 Å². The number of hydrogen-bond acceptors (Lipinski definition) is 4. The van der Waals surface area contributed by atoms with Crippen LogP contribution < -0.4 is 10.6 Å². The number of benzene rings is 1. The molecule has 0 atom stereocenters. The van der Waals surface area contributed by atoms with Crippen molar-refractivity contribution < 1.29 is 4.79 Å². The molecule has 0 radical (unpaired) electrons. The van der Waals surface area contributed by atoms with Gasteiger partial charge >= 0.3 is 0 Å². The van der Waals surface area contributed by atoms with E-state index in [1.54, 1.807) is 6.20 Å². The topological polar surface area (TPSA) is 71.8 Å². The van der Waals surface area contributed by atoms with Crippen LogP contribution >= 0.6 is 0 Å². The monoisotopic (exact) mass is 341 g/mol. The van der Waals surface area contributed by atoms with Gasteiger partial charge in [-0.05, 0) is 64.3 Å². The Hall–Kier alpha value is -2.21. The molecule has 2 N–H and O–H groups in total. The minimum Gasteiger partial charge on any atom is -0.345 e. The van der Waals surface area contributed by atoms with Crippen LogP contribution in [-0.2, 0) is 6.42 Å². The predicted octanol–water partition coefficient (Wildman–Crippen LogP) is 2.26. The molecule has 25 heavy (non-hydrogen) atoms. The Morgan fingerprint density at radius 2 is 2.04 bits per heavy atom. The van der Waals surface area contributed by atoms with Gasteiger partial charge in [-0.25, -0.2) is 4.68 Å². The first kappa shape index (κ1) is 17.6. The molecule has 1 aromatic carbocycles. The van der Waals surface area contributed by atoms with Crippen LogP contribution in [0.2, 0.25) is 0 Å². The third kappa shape index (κ3) is 4.45. The Morgan fingerprint density at radius 3 is 2.76 bits per heavy atom. The molecule has 6 nitrogen and oxygen atoms in total. The molecule has 1 fully saturated rings. The smallest absolute Gasteiger partial charge is 0.273 e. The molecular weight excluding hydrogens is 314 g/mol. The second kappa shape index (κ2) is 7.35. The van der Waals surface area contributed by atoms with Gasteiger partial charge in [-0.15, -0.1) is 5.10 Å². The number of carbonyl (C=O) groups is 1. The molecule has 1 aliphatic heterocycles. The number of nitrogens with zero attached hydrogens (tertiary/aromatic N) is 3. The molecule has 2 heterocycles. The fraction of sp³-hybridized carbons (Fsp3) is 0.526. The summed E-state index contributed by atoms with van der Waals surface area (Å²) in [7, 11) is 0. The third-order valence-electron chi connectivity index (χ3n) is 4.77. The van der Waals surface area contributed by atoms with E-state index >= 15 is 0 Å². The Bertz CT molecular complexity index is 731. The van der Waals surface area contributed by atoms with Gasteiger partial charge in [-0.1, -0.05) is 29.5 Å². The van der Waals surface area contributed by atoms with Crippen LogP contribution in [0.15, 0.2) is 30.5 Å². The standard InChI is InChI=1S/C19H27N5O/c1-14-6-4-5-7-15(14)12-19(2,3)21-18(25)17-13-24(23-22-17)16-8-10-20-11-9-16/h4-7,13,16,20H,8-12H2,1-3H3,(H,21,25). The summed E-state index contributed by atoms with van der Waals surface area (Å²) in [5.74, 6) is -0.168. The maximum atomic E-state index is 12.6. The minimum absolute atomic E-state index is 0.168. The molecule has 134 valence electrons. The molecule has 3 rings (SSSR count). The van der Waals surface area contributed by atoms with E-state index in [1.807, 2.05) is 30.7 Å². The van der Waals surface area contributed by atoms with Crippen molar-refractivity contribution in [2.75, 3.05) is 13.1 Å². The van der Waals surface area contributed by atoms with Crippen LogP contribution in [0.5, 0.6) is 0 Å². The van der Waals surface area contributed by atoms with E-state index in [0.717, 1.165) is 32.4 Å². The molecule has 0 spiro atoms. The molecule has 1 saturated heterocycles. The summed E-state index contributed by atoms with van der Waals surface area (Å²) in [6.45, 7) is 8.13. The van der Waals surface area contributed by atoms with E-state index in [4.69, 9.17) is 0 Å². The highest BCUT2D eigenvalue weighted by Gasteiger charge is 2.25. The number of amides is 1. The molecule has 1 aliphatic rings. The summed E-state index contributed by atoms with van der Waals surface area (Å²) in [4.78, 5) is 12.6. The van der Waals surface area contributed by atoms with Crippen molar-refractivity contribution >= 4 is 5.91 Å². The lowest BCUT2D eigenvalue weighted by molar-refractivity contribution is 0.0907. The zero-order valence-electron chi connectivity index (χ0n) is 15.2. The minimum atomic E-state index is -0.359. The first-order valence-corrected chi connectivity index (χ1v) is 8.94. The Balaban J connectivity index is 1.65. The SMILES string of the molecule is Cc1ccccc1CC(C)(C)NC(=O)c1cn(C2CCNCC2)nn1. The third-order valence-corrected chi connectivity index (χ3v) is 4.77. The van der Waals surface area contributed by atoms with Crippen LogP contribution in [0.25, 0.3) is 0 Å². The quantitative estimate of drug-likeness (QED) is 0.875. The van der Waals surface area contributed by atoms with E-state index in [2.05, 4.69) is 40.0 Å². The van der Waals surface area contributed by atoms with Crippen LogP contribution in [0.3, 0.4) is 0 Å². The lowest BCUT2D eigenvalue weighted by Gasteiger charge is -2.26. The maximum Gasteiger partial charge on any atom is 0.273 e. The number of aryl methyl sites for hydroxylation is 1. The van der Waals surface area contributed by atoms with Gasteiger partial charge in [0.1, 0.15) is 0 Å². The van der Waals surface area contributed by atoms with Gasteiger partial charge < -0.3 is 10.6 Å². The Morgan fingerprint density at radius 1 is 1.32 bits per heavy atom. The van der Waals surface area contributed by atoms with E-state index in [0.29, 0.717) is 11.7 Å². The molecule has 0 saturated carbocycles. The number of carbonyl (C=O) groups excluding carboxylic acids is 1. The van der Waals surface area contributed by atoms with E-state index in [-0.39, 0.29) is 11.4 Å². The normalized spacial score (nSPS) is 16.0. The van der Waals surface area contributed by atoms with Crippen molar-refractivity contribution in [1.29, 1.82) is 0 Å². The van der Waals surface area contributed by atoms with Gasteiger partial charge in [-0.2, -0.15) is 0 Å². The highest BCUT2D eigenvalue weighted by molar-refractivity contribution is 5.92. The molecule has 6 heteroatoms. The average Bonchev–Trinajstić information content (AvgIpc) is 3.07. The Kier molecular flexibility index (Phi) is 5.18. The molecule has 0 bridgehead atoms. The molecule has 1 aromatic heterocycles. The molecule has 1 amide bonds. The van der Waals surface area contributed by atoms with Crippen LogP contribution in [0.4, 0.5) is 0 Å². The van der Waals surface area contributed by atoms with Crippen LogP contribution in [0.1, 0.15) is 54.3 Å². The molecule has 0 aliphatic carbocycles. The van der Waals surface area contributed by atoms with Gasteiger partial charge in [0.05, 0.1) is 12.2 Å². The highest BCUT2D eigenvalue weighted by Crippen LogP contribution is 2.19. The van der Waals surface area contributed by atoms with Gasteiger partial charge in [0.15, 0.2) is 5.69 Å². The first-order valence-electron chi connectivity index (χ1n) is 8.94. The summed E-state index contributed by atoms with van der Waals surface area (Å²) < 4.78 is 1.84. The molecular formula is C19H27N5O. The zero-order chi connectivity index (χ0) is 17.9. The number of piperidine rings is 1. The summed E-state index contributed by atoms with van der Waals surface area (Å²) >= 11 is 0. The zero-order valence-corrected chi connectivity index (χ0v) is 15.2. The average molecular weight is 341 g/mol. The van der Waals surface area contributed by atoms with Crippen molar-refractivity contribution in [2.24, 2.45) is 0 Å². The van der Waals surface area contributed by atoms with Gasteiger partial charge in [-0.3, -0.25) is 4.79 Å². The van der Waals surface area contributed by atoms with Crippen molar-refractivity contribution in [1.82, 2.24) is 25.6 Å². The number of nitrogens with one attached hydrogen (secondary N) is 2. The van der Waals surface area contributed by atoms with Gasteiger partial charge in [0, 0.05) is 5.54 Å². The van der Waals surface area contributed by atoms with Crippen molar-refractivity contribution in [3.05, 3.63) is 47.3 Å². The number of aromatic nitrogens is 3. The van der Waals surface area contributed by atoms with Crippen molar-refractivity contribution in [3.63, 3.8) is 0 Å². The Labute approximate surface area is 149 Å². The summed E-state index contributed by atoms with van der Waals surface area (Å²) in [6.07, 6.45) is 4.58. The predicted molar refractivity (Wildman–Crippen MR) is 97.6 cm³/mol. The summed E-state index contributed by atoms with van der Waals surface area (Å²) in [5.41, 5.74) is 2.51. The largest absolute Gasteiger partial charge is 0.345 e. The van der Waals surface area contributed by atoms with E-state index < -0.39 is 0 Å². The lowest BCUT2D eigenvalue weighted by atomic mass is 9.92. The maximum absolute atomic E-state index is 12.6. The second-order valence-electron chi connectivity index (χ2n) is 7.51. The van der Waals surface area contributed by atoms with E-state index in [9.17, 15) is 4.79 Å². The van der Waals surface area contributed by atoms with Crippen molar-refractivity contribution in [3.8, 4) is 0 Å². The fourth-order valence-corrected chi connectivity index (χ4v) is 3.33. The summed E-state index contributed by atoms with van der Waals surface area (Å²) in [5, 5.41) is 14.7. The molecule has 0 unspecified atom stereocenters. The van der Waals surface area contributed by atoms with Gasteiger partial charge in [0.2, 0.25) is 0 Å². The number of hydrogen-bond donors (Lipinski definition) is 2. The second-order valence-corrected chi connectivity index (χ2v) is 7.51. The summed E-state index contributed by atoms with van der Waals surface area (Å²) in [6, 6.07) is 8.60. The van der Waals surface area contributed by atoms with Gasteiger partial charge in [0.25, 0.3) is 5.91 Å². The van der Waals surface area contributed by atoms with Crippen LogP contribution in [0, 0.1) is 6.92 Å². The highest BCUT2D eigenvalue weighted by atomic mass is 16.2. The number of rotatable bonds is 5. The lowest BCUT2D eigenvalue weighted by Crippen LogP contribution is -2.45. The first-order chi connectivity index (χ1) is 11.9. The van der Waals surface area contributed by atoms with Crippen LogP contribution in [-0.4, -0.2) is 39.5 Å². The fourth-order valence-electron chi connectivity index (χ4n) is 3.33.